The van der Waals surface area contributed by atoms with E-state index in [0.29, 0.717) is 23.0 Å². The Morgan fingerprint density at radius 3 is 1.25 bits per heavy atom. The maximum absolute atomic E-state index is 11.9. The third kappa shape index (κ3) is 3.93. The summed E-state index contributed by atoms with van der Waals surface area (Å²) in [6, 6.07) is 20.2. The first kappa shape index (κ1) is 18.5. The molecule has 0 atom stereocenters. The van der Waals surface area contributed by atoms with Crippen molar-refractivity contribution < 1.29 is 19.1 Å². The summed E-state index contributed by atoms with van der Waals surface area (Å²) in [4.78, 5) is 23.9. The van der Waals surface area contributed by atoms with Crippen molar-refractivity contribution in [2.24, 2.45) is 0 Å². The van der Waals surface area contributed by atoms with E-state index in [9.17, 15) is 9.59 Å². The van der Waals surface area contributed by atoms with Crippen molar-refractivity contribution in [1.82, 2.24) is 0 Å². The highest BCUT2D eigenvalue weighted by Gasteiger charge is 2.15. The zero-order valence-corrected chi connectivity index (χ0v) is 14.7. The molecule has 0 amide bonds. The van der Waals surface area contributed by atoms with E-state index in [4.69, 9.17) is 22.3 Å². The van der Waals surface area contributed by atoms with Crippen molar-refractivity contribution in [3.8, 4) is 47.7 Å². The van der Waals surface area contributed by atoms with Gasteiger partial charge < -0.3 is 9.47 Å². The van der Waals surface area contributed by atoms with Gasteiger partial charge in [0.15, 0.2) is 11.5 Å². The van der Waals surface area contributed by atoms with Crippen LogP contribution >= 0.6 is 0 Å². The van der Waals surface area contributed by atoms with Crippen LogP contribution in [0.3, 0.4) is 0 Å². The first-order chi connectivity index (χ1) is 13.6. The summed E-state index contributed by atoms with van der Waals surface area (Å²) in [6.45, 7) is 0. The number of hydrogen-bond donors (Lipinski definition) is 0. The molecule has 134 valence electrons. The Labute approximate surface area is 162 Å². The summed E-state index contributed by atoms with van der Waals surface area (Å²) in [5, 5.41) is 0. The van der Waals surface area contributed by atoms with E-state index in [-0.39, 0.29) is 11.1 Å². The average molecular weight is 366 g/mol. The third-order valence-corrected chi connectivity index (χ3v) is 3.81. The van der Waals surface area contributed by atoms with Crippen LogP contribution in [-0.2, 0) is 0 Å². The van der Waals surface area contributed by atoms with Gasteiger partial charge in [-0.25, -0.2) is 0 Å². The Bertz CT molecular complexity index is 1040. The second kappa shape index (κ2) is 8.40. The molecule has 0 aromatic heterocycles. The summed E-state index contributed by atoms with van der Waals surface area (Å²) < 4.78 is 11.8. The van der Waals surface area contributed by atoms with Crippen LogP contribution in [0.4, 0.5) is 0 Å². The van der Waals surface area contributed by atoms with Gasteiger partial charge in [-0.1, -0.05) is 36.4 Å². The quantitative estimate of drug-likeness (QED) is 0.354. The number of ketones is 2. The highest BCUT2D eigenvalue weighted by atomic mass is 16.5. The van der Waals surface area contributed by atoms with Crippen LogP contribution in [-0.4, -0.2) is 11.6 Å². The number of terminal acetylenes is 2. The van der Waals surface area contributed by atoms with E-state index in [1.54, 1.807) is 72.8 Å². The fourth-order valence-electron chi connectivity index (χ4n) is 2.50. The van der Waals surface area contributed by atoms with Gasteiger partial charge in [0.05, 0.1) is 11.1 Å². The van der Waals surface area contributed by atoms with Crippen molar-refractivity contribution in [1.29, 1.82) is 0 Å². The molecular weight excluding hydrogens is 352 g/mol. The highest BCUT2D eigenvalue weighted by molar-refractivity contribution is 6.11. The molecule has 0 spiro atoms. The summed E-state index contributed by atoms with van der Waals surface area (Å²) in [7, 11) is 0. The highest BCUT2D eigenvalue weighted by Crippen LogP contribution is 2.36. The number of carbonyl (C=O) groups is 2. The van der Waals surface area contributed by atoms with E-state index in [2.05, 4.69) is 11.8 Å². The minimum Gasteiger partial charge on any atom is -0.453 e. The zero-order valence-electron chi connectivity index (χ0n) is 14.7. The van der Waals surface area contributed by atoms with Crippen LogP contribution in [0.2, 0.25) is 0 Å². The number of ether oxygens (including phenoxy) is 2. The van der Waals surface area contributed by atoms with E-state index in [0.717, 1.165) is 0 Å². The first-order valence-electron chi connectivity index (χ1n) is 8.28. The number of para-hydroxylation sites is 4. The van der Waals surface area contributed by atoms with Crippen LogP contribution in [0.5, 0.6) is 23.0 Å². The molecule has 0 saturated heterocycles. The normalized spacial score (nSPS) is 9.64. The SMILES string of the molecule is C#CC(=O)c1ccccc1Oc1ccccc1Oc1ccccc1C(=O)C#C. The average Bonchev–Trinajstić information content (AvgIpc) is 2.74. The van der Waals surface area contributed by atoms with Gasteiger partial charge in [-0.2, -0.15) is 0 Å². The Hall–Kier alpha value is -4.28. The molecule has 0 bridgehead atoms. The lowest BCUT2D eigenvalue weighted by Crippen LogP contribution is -2.01. The van der Waals surface area contributed by atoms with Gasteiger partial charge >= 0.3 is 0 Å². The molecular formula is C24H14O4. The maximum Gasteiger partial charge on any atom is 0.239 e. The van der Waals surface area contributed by atoms with Gasteiger partial charge in [-0.3, -0.25) is 9.59 Å². The topological polar surface area (TPSA) is 52.6 Å². The van der Waals surface area contributed by atoms with E-state index < -0.39 is 11.6 Å². The Morgan fingerprint density at radius 1 is 0.571 bits per heavy atom. The predicted octanol–water partition coefficient (Wildman–Crippen LogP) is 4.90. The lowest BCUT2D eigenvalue weighted by Gasteiger charge is -2.14. The molecule has 0 heterocycles. The zero-order chi connectivity index (χ0) is 19.9. The molecule has 0 unspecified atom stereocenters. The summed E-state index contributed by atoms with van der Waals surface area (Å²) >= 11 is 0. The lowest BCUT2D eigenvalue weighted by molar-refractivity contribution is 0.104. The van der Waals surface area contributed by atoms with Crippen LogP contribution in [0.25, 0.3) is 0 Å². The van der Waals surface area contributed by atoms with Crippen molar-refractivity contribution in [2.75, 3.05) is 0 Å². The molecule has 0 radical (unpaired) electrons. The Kier molecular flexibility index (Phi) is 5.55. The van der Waals surface area contributed by atoms with Gasteiger partial charge in [0.1, 0.15) is 11.5 Å². The second-order valence-electron chi connectivity index (χ2n) is 5.59. The Morgan fingerprint density at radius 2 is 0.893 bits per heavy atom. The van der Waals surface area contributed by atoms with E-state index in [1.807, 2.05) is 0 Å². The Balaban J connectivity index is 1.97. The number of carbonyl (C=O) groups excluding carboxylic acids is 2. The van der Waals surface area contributed by atoms with Crippen molar-refractivity contribution in [3.63, 3.8) is 0 Å². The molecule has 0 aliphatic heterocycles. The summed E-state index contributed by atoms with van der Waals surface area (Å²) in [6.07, 6.45) is 10.5. The molecule has 4 nitrogen and oxygen atoms in total. The van der Waals surface area contributed by atoms with E-state index in [1.165, 1.54) is 0 Å². The van der Waals surface area contributed by atoms with Crippen LogP contribution in [0.15, 0.2) is 72.8 Å². The van der Waals surface area contributed by atoms with Gasteiger partial charge in [0, 0.05) is 0 Å². The van der Waals surface area contributed by atoms with Gasteiger partial charge in [-0.05, 0) is 48.2 Å². The van der Waals surface area contributed by atoms with Gasteiger partial charge in [0.2, 0.25) is 11.6 Å². The fraction of sp³-hybridized carbons (Fsp3) is 0. The van der Waals surface area contributed by atoms with E-state index >= 15 is 0 Å². The molecule has 0 fully saturated rings. The molecule has 3 rings (SSSR count). The monoisotopic (exact) mass is 366 g/mol. The largest absolute Gasteiger partial charge is 0.453 e. The molecule has 4 heteroatoms. The van der Waals surface area contributed by atoms with Crippen molar-refractivity contribution >= 4 is 11.6 Å². The number of benzene rings is 3. The third-order valence-electron chi connectivity index (χ3n) is 3.81. The van der Waals surface area contributed by atoms with Crippen LogP contribution in [0.1, 0.15) is 20.7 Å². The standard InChI is InChI=1S/C24H14O4/c1-3-19(25)17-11-5-7-13-21(17)27-23-15-9-10-16-24(23)28-22-14-8-6-12-18(22)20(26)4-2/h1-2,5-16H. The van der Waals surface area contributed by atoms with Crippen molar-refractivity contribution in [3.05, 3.63) is 83.9 Å². The molecule has 3 aromatic rings. The minimum atomic E-state index is -0.487. The molecule has 0 saturated carbocycles. The number of rotatable bonds is 6. The fourth-order valence-corrected chi connectivity index (χ4v) is 2.50. The first-order valence-corrected chi connectivity index (χ1v) is 8.28. The lowest BCUT2D eigenvalue weighted by atomic mass is 10.1. The molecule has 0 aliphatic rings. The smallest absolute Gasteiger partial charge is 0.239 e. The van der Waals surface area contributed by atoms with Crippen LogP contribution in [0, 0.1) is 24.7 Å². The number of hydrogen-bond acceptors (Lipinski definition) is 4. The molecule has 28 heavy (non-hydrogen) atoms. The summed E-state index contributed by atoms with van der Waals surface area (Å²) in [5.41, 5.74) is 0.533. The second-order valence-corrected chi connectivity index (χ2v) is 5.59. The van der Waals surface area contributed by atoms with Crippen LogP contribution < -0.4 is 9.47 Å². The minimum absolute atomic E-state index is 0.266. The molecule has 0 N–H and O–H groups in total. The summed E-state index contributed by atoms with van der Waals surface area (Å²) in [5.74, 6) is 4.49. The van der Waals surface area contributed by atoms with Gasteiger partial charge in [0.25, 0.3) is 0 Å². The molecule has 0 aliphatic carbocycles. The van der Waals surface area contributed by atoms with Gasteiger partial charge in [-0.15, -0.1) is 12.8 Å². The van der Waals surface area contributed by atoms with Crippen molar-refractivity contribution in [2.45, 2.75) is 0 Å². The maximum atomic E-state index is 11.9. The predicted molar refractivity (Wildman–Crippen MR) is 106 cm³/mol. The number of Topliss-reactive ketones (excluding diaryl/α,β-unsaturated/α-hetero) is 2. The molecule has 3 aromatic carbocycles.